The second kappa shape index (κ2) is 9.78. The molecular weight excluding hydrogens is 456 g/mol. The van der Waals surface area contributed by atoms with Crippen molar-refractivity contribution >= 4 is 39.1 Å². The largest absolute Gasteiger partial charge is 0.376 e. The molecule has 0 saturated heterocycles. The Kier molecular flexibility index (Phi) is 7.23. The molecule has 0 aliphatic carbocycles. The maximum atomic E-state index is 13.1. The summed E-state index contributed by atoms with van der Waals surface area (Å²) in [7, 11) is -0.181. The summed E-state index contributed by atoms with van der Waals surface area (Å²) in [6.45, 7) is 7.79. The fourth-order valence-electron chi connectivity index (χ4n) is 3.80. The highest BCUT2D eigenvalue weighted by Crippen LogP contribution is 2.30. The van der Waals surface area contributed by atoms with Gasteiger partial charge >= 0.3 is 0 Å². The van der Waals surface area contributed by atoms with Gasteiger partial charge in [0, 0.05) is 39.3 Å². The number of carbonyl (C=O) groups is 3. The Balaban J connectivity index is 1.97. The number of benzene rings is 2. The molecular formula is C24H28N4O5S. The Hall–Kier alpha value is -3.50. The van der Waals surface area contributed by atoms with E-state index >= 15 is 0 Å². The maximum absolute atomic E-state index is 13.1. The molecule has 1 N–H and O–H groups in total. The van der Waals surface area contributed by atoms with Gasteiger partial charge in [-0.2, -0.15) is 4.31 Å². The minimum atomic E-state index is -3.73. The third-order valence-corrected chi connectivity index (χ3v) is 7.63. The molecule has 1 aliphatic heterocycles. The zero-order valence-electron chi connectivity index (χ0n) is 19.7. The SMILES string of the molecule is C=CCN1C(=O)c2ccc(C(=O)Nc3cc(S(=O)(=O)N(CC)CC)ccc3N(C)C)cc2C1=O. The number of rotatable bonds is 9. The molecule has 0 spiro atoms. The van der Waals surface area contributed by atoms with Gasteiger partial charge in [0.25, 0.3) is 17.7 Å². The molecule has 0 saturated carbocycles. The van der Waals surface area contributed by atoms with Gasteiger partial charge in [-0.3, -0.25) is 19.3 Å². The molecule has 0 fully saturated rings. The quantitative estimate of drug-likeness (QED) is 0.433. The highest BCUT2D eigenvalue weighted by molar-refractivity contribution is 7.89. The first kappa shape index (κ1) is 25.1. The standard InChI is InChI=1S/C24H28N4O5S/c1-6-13-28-23(30)18-11-9-16(14-19(18)24(28)31)22(29)25-20-15-17(10-12-21(20)26(4)5)34(32,33)27(7-2)8-3/h6,9-12,14-15H,1,7-8,13H2,2-5H3,(H,25,29). The van der Waals surface area contributed by atoms with E-state index in [1.807, 2.05) is 0 Å². The van der Waals surface area contributed by atoms with Crippen LogP contribution in [0.15, 0.2) is 53.9 Å². The number of carbonyl (C=O) groups excluding carboxylic acids is 3. The number of hydrogen-bond acceptors (Lipinski definition) is 6. The van der Waals surface area contributed by atoms with Crippen molar-refractivity contribution in [1.29, 1.82) is 0 Å². The molecule has 0 radical (unpaired) electrons. The zero-order valence-corrected chi connectivity index (χ0v) is 20.5. The summed E-state index contributed by atoms with van der Waals surface area (Å²) in [6.07, 6.45) is 1.46. The lowest BCUT2D eigenvalue weighted by molar-refractivity contribution is 0.0672. The first-order valence-corrected chi connectivity index (χ1v) is 12.2. The Morgan fingerprint density at radius 3 is 2.26 bits per heavy atom. The summed E-state index contributed by atoms with van der Waals surface area (Å²) >= 11 is 0. The number of nitrogens with one attached hydrogen (secondary N) is 1. The van der Waals surface area contributed by atoms with E-state index in [9.17, 15) is 22.8 Å². The van der Waals surface area contributed by atoms with E-state index in [-0.39, 0.29) is 28.1 Å². The number of imide groups is 1. The van der Waals surface area contributed by atoms with Crippen LogP contribution in [0, 0.1) is 0 Å². The van der Waals surface area contributed by atoms with Crippen molar-refractivity contribution in [2.75, 3.05) is 43.9 Å². The van der Waals surface area contributed by atoms with Crippen LogP contribution >= 0.6 is 0 Å². The van der Waals surface area contributed by atoms with Gasteiger partial charge in [0.15, 0.2) is 0 Å². The molecule has 10 heteroatoms. The molecule has 1 heterocycles. The van der Waals surface area contributed by atoms with E-state index in [2.05, 4.69) is 11.9 Å². The Bertz CT molecular complexity index is 1270. The number of amides is 3. The highest BCUT2D eigenvalue weighted by Gasteiger charge is 2.35. The Morgan fingerprint density at radius 1 is 1.03 bits per heavy atom. The molecule has 3 rings (SSSR count). The molecule has 0 unspecified atom stereocenters. The van der Waals surface area contributed by atoms with E-state index in [4.69, 9.17) is 0 Å². The second-order valence-corrected chi connectivity index (χ2v) is 9.82. The molecule has 1 aliphatic rings. The summed E-state index contributed by atoms with van der Waals surface area (Å²) in [6, 6.07) is 8.84. The minimum absolute atomic E-state index is 0.0619. The molecule has 2 aromatic rings. The normalized spacial score (nSPS) is 13.3. The summed E-state index contributed by atoms with van der Waals surface area (Å²) in [5.74, 6) is -1.46. The van der Waals surface area contributed by atoms with E-state index in [1.165, 1.54) is 40.7 Å². The van der Waals surface area contributed by atoms with Gasteiger partial charge < -0.3 is 10.2 Å². The van der Waals surface area contributed by atoms with Crippen LogP contribution in [-0.2, 0) is 10.0 Å². The van der Waals surface area contributed by atoms with E-state index in [0.29, 0.717) is 24.5 Å². The zero-order chi connectivity index (χ0) is 25.2. The van der Waals surface area contributed by atoms with Gasteiger partial charge in [-0.05, 0) is 36.4 Å². The van der Waals surface area contributed by atoms with E-state index in [0.717, 1.165) is 4.90 Å². The smallest absolute Gasteiger partial charge is 0.261 e. The van der Waals surface area contributed by atoms with Gasteiger partial charge in [0.05, 0.1) is 27.4 Å². The number of anilines is 2. The molecule has 3 amide bonds. The van der Waals surface area contributed by atoms with Gasteiger partial charge in [0.2, 0.25) is 10.0 Å². The Labute approximate surface area is 199 Å². The van der Waals surface area contributed by atoms with Crippen LogP contribution in [0.25, 0.3) is 0 Å². The van der Waals surface area contributed by atoms with Crippen LogP contribution in [0.5, 0.6) is 0 Å². The number of nitrogens with zero attached hydrogens (tertiary/aromatic N) is 3. The van der Waals surface area contributed by atoms with Crippen molar-refractivity contribution in [1.82, 2.24) is 9.21 Å². The fraction of sp³-hybridized carbons (Fsp3) is 0.292. The van der Waals surface area contributed by atoms with Crippen molar-refractivity contribution in [2.24, 2.45) is 0 Å². The summed E-state index contributed by atoms with van der Waals surface area (Å²) in [5, 5.41) is 2.76. The van der Waals surface area contributed by atoms with Crippen LogP contribution in [0.2, 0.25) is 0 Å². The summed E-state index contributed by atoms with van der Waals surface area (Å²) in [4.78, 5) is 41.0. The van der Waals surface area contributed by atoms with Crippen LogP contribution in [-0.4, -0.2) is 69.1 Å². The summed E-state index contributed by atoms with van der Waals surface area (Å²) in [5.41, 5.74) is 1.45. The van der Waals surface area contributed by atoms with Crippen molar-refractivity contribution < 1.29 is 22.8 Å². The lowest BCUT2D eigenvalue weighted by Gasteiger charge is -2.22. The average Bonchev–Trinajstić information content (AvgIpc) is 3.04. The third-order valence-electron chi connectivity index (χ3n) is 5.59. The monoisotopic (exact) mass is 484 g/mol. The molecule has 0 bridgehead atoms. The van der Waals surface area contributed by atoms with Gasteiger partial charge in [-0.1, -0.05) is 19.9 Å². The van der Waals surface area contributed by atoms with Crippen LogP contribution in [0.4, 0.5) is 11.4 Å². The lowest BCUT2D eigenvalue weighted by atomic mass is 10.1. The average molecular weight is 485 g/mol. The summed E-state index contributed by atoms with van der Waals surface area (Å²) < 4.78 is 27.3. The molecule has 0 aromatic heterocycles. The highest BCUT2D eigenvalue weighted by atomic mass is 32.2. The molecule has 2 aromatic carbocycles. The lowest BCUT2D eigenvalue weighted by Crippen LogP contribution is -2.30. The number of hydrogen-bond donors (Lipinski definition) is 1. The fourth-order valence-corrected chi connectivity index (χ4v) is 5.28. The van der Waals surface area contributed by atoms with Crippen molar-refractivity contribution in [2.45, 2.75) is 18.7 Å². The molecule has 9 nitrogen and oxygen atoms in total. The molecule has 34 heavy (non-hydrogen) atoms. The van der Waals surface area contributed by atoms with Gasteiger partial charge in [0.1, 0.15) is 0 Å². The van der Waals surface area contributed by atoms with Gasteiger partial charge in [-0.15, -0.1) is 6.58 Å². The van der Waals surface area contributed by atoms with Crippen LogP contribution < -0.4 is 10.2 Å². The van der Waals surface area contributed by atoms with Crippen LogP contribution in [0.3, 0.4) is 0 Å². The predicted molar refractivity (Wildman–Crippen MR) is 131 cm³/mol. The third kappa shape index (κ3) is 4.46. The second-order valence-electron chi connectivity index (χ2n) is 7.89. The number of fused-ring (bicyclic) bond motifs is 1. The maximum Gasteiger partial charge on any atom is 0.261 e. The van der Waals surface area contributed by atoms with E-state index in [1.54, 1.807) is 38.9 Å². The van der Waals surface area contributed by atoms with Crippen molar-refractivity contribution in [3.05, 3.63) is 65.7 Å². The van der Waals surface area contributed by atoms with E-state index < -0.39 is 27.7 Å². The van der Waals surface area contributed by atoms with Crippen molar-refractivity contribution in [3.63, 3.8) is 0 Å². The topological polar surface area (TPSA) is 107 Å². The first-order chi connectivity index (χ1) is 16.1. The number of sulfonamides is 1. The van der Waals surface area contributed by atoms with Gasteiger partial charge in [-0.25, -0.2) is 8.42 Å². The molecule has 0 atom stereocenters. The first-order valence-electron chi connectivity index (χ1n) is 10.8. The van der Waals surface area contributed by atoms with Crippen LogP contribution in [0.1, 0.15) is 44.9 Å². The minimum Gasteiger partial charge on any atom is -0.376 e. The Morgan fingerprint density at radius 2 is 1.68 bits per heavy atom. The molecule has 180 valence electrons. The predicted octanol–water partition coefficient (Wildman–Crippen LogP) is 2.82. The van der Waals surface area contributed by atoms with Crippen molar-refractivity contribution in [3.8, 4) is 0 Å².